The summed E-state index contributed by atoms with van der Waals surface area (Å²) < 4.78 is 24.4. The van der Waals surface area contributed by atoms with Gasteiger partial charge in [-0.15, -0.1) is 0 Å². The Bertz CT molecular complexity index is 950. The lowest BCUT2D eigenvalue weighted by molar-refractivity contribution is 0.0943. The van der Waals surface area contributed by atoms with Crippen molar-refractivity contribution in [2.45, 2.75) is 19.9 Å². The third-order valence-corrected chi connectivity index (χ3v) is 5.22. The maximum absolute atomic E-state index is 12.4. The van der Waals surface area contributed by atoms with E-state index in [-0.39, 0.29) is 16.5 Å². The van der Waals surface area contributed by atoms with Crippen LogP contribution in [0.5, 0.6) is 0 Å². The quantitative estimate of drug-likeness (QED) is 0.890. The molecule has 1 aliphatic rings. The molecule has 1 aliphatic heterocycles. The van der Waals surface area contributed by atoms with Gasteiger partial charge in [-0.25, -0.2) is 18.1 Å². The van der Waals surface area contributed by atoms with Crippen LogP contribution in [0.2, 0.25) is 5.02 Å². The fourth-order valence-corrected chi connectivity index (χ4v) is 3.90. The SMILES string of the molecule is Cc1cc(C)n(-c2ccc(Cl)c(C(=O)NC3C=CS(=O)(=O)C3)n2)n1. The summed E-state index contributed by atoms with van der Waals surface area (Å²) in [6.45, 7) is 3.74. The van der Waals surface area contributed by atoms with Crippen LogP contribution >= 0.6 is 11.6 Å². The Morgan fingerprint density at radius 3 is 2.71 bits per heavy atom. The molecule has 0 saturated carbocycles. The van der Waals surface area contributed by atoms with E-state index < -0.39 is 21.8 Å². The average Bonchev–Trinajstić information content (AvgIpc) is 3.00. The van der Waals surface area contributed by atoms with Gasteiger partial charge in [-0.2, -0.15) is 5.10 Å². The maximum atomic E-state index is 12.4. The molecule has 1 amide bonds. The van der Waals surface area contributed by atoms with Gasteiger partial charge in [0.05, 0.1) is 22.5 Å². The van der Waals surface area contributed by atoms with Crippen molar-refractivity contribution in [3.8, 4) is 5.82 Å². The number of halogens is 1. The second-order valence-electron chi connectivity index (χ2n) is 5.58. The lowest BCUT2D eigenvalue weighted by Gasteiger charge is -2.12. The maximum Gasteiger partial charge on any atom is 0.272 e. The van der Waals surface area contributed by atoms with E-state index in [9.17, 15) is 13.2 Å². The largest absolute Gasteiger partial charge is 0.343 e. The highest BCUT2D eigenvalue weighted by atomic mass is 35.5. The van der Waals surface area contributed by atoms with Gasteiger partial charge < -0.3 is 5.32 Å². The summed E-state index contributed by atoms with van der Waals surface area (Å²) in [6.07, 6.45) is 1.44. The highest BCUT2D eigenvalue weighted by Crippen LogP contribution is 2.18. The number of pyridine rings is 1. The second kappa shape index (κ2) is 6.03. The number of aromatic nitrogens is 3. The fourth-order valence-electron chi connectivity index (χ4n) is 2.47. The van der Waals surface area contributed by atoms with Crippen molar-refractivity contribution in [2.75, 3.05) is 5.75 Å². The number of aryl methyl sites for hydroxylation is 2. The molecule has 1 N–H and O–H groups in total. The number of sulfone groups is 1. The summed E-state index contributed by atoms with van der Waals surface area (Å²) in [5, 5.41) is 8.21. The van der Waals surface area contributed by atoms with Crippen LogP contribution in [0.15, 0.2) is 29.7 Å². The molecule has 3 heterocycles. The molecule has 1 atom stereocenters. The van der Waals surface area contributed by atoms with E-state index in [2.05, 4.69) is 15.4 Å². The minimum absolute atomic E-state index is 0.0272. The first-order valence-corrected chi connectivity index (χ1v) is 9.26. The van der Waals surface area contributed by atoms with Crippen molar-refractivity contribution in [1.29, 1.82) is 0 Å². The van der Waals surface area contributed by atoms with Gasteiger partial charge in [0.15, 0.2) is 15.7 Å². The molecular weight excluding hydrogens is 352 g/mol. The average molecular weight is 367 g/mol. The van der Waals surface area contributed by atoms with E-state index in [4.69, 9.17) is 11.6 Å². The van der Waals surface area contributed by atoms with E-state index in [0.29, 0.717) is 5.82 Å². The molecule has 9 heteroatoms. The predicted molar refractivity (Wildman–Crippen MR) is 90.0 cm³/mol. The number of amides is 1. The van der Waals surface area contributed by atoms with Crippen LogP contribution in [0.3, 0.4) is 0 Å². The molecule has 7 nitrogen and oxygen atoms in total. The Hall–Kier alpha value is -2.19. The van der Waals surface area contributed by atoms with Crippen molar-refractivity contribution in [2.24, 2.45) is 0 Å². The van der Waals surface area contributed by atoms with Crippen molar-refractivity contribution in [3.05, 3.63) is 51.8 Å². The van der Waals surface area contributed by atoms with Gasteiger partial charge in [-0.3, -0.25) is 4.79 Å². The highest BCUT2D eigenvalue weighted by molar-refractivity contribution is 7.94. The van der Waals surface area contributed by atoms with Gasteiger partial charge >= 0.3 is 0 Å². The zero-order valence-electron chi connectivity index (χ0n) is 13.0. The smallest absolute Gasteiger partial charge is 0.272 e. The number of carbonyl (C=O) groups is 1. The molecule has 0 fully saturated rings. The van der Waals surface area contributed by atoms with Crippen molar-refractivity contribution >= 4 is 27.3 Å². The minimum atomic E-state index is -3.25. The van der Waals surface area contributed by atoms with Crippen LogP contribution in [0.4, 0.5) is 0 Å². The molecule has 0 spiro atoms. The first-order valence-electron chi connectivity index (χ1n) is 7.17. The van der Waals surface area contributed by atoms with Crippen LogP contribution in [0.25, 0.3) is 5.82 Å². The van der Waals surface area contributed by atoms with E-state index in [1.54, 1.807) is 16.8 Å². The molecule has 24 heavy (non-hydrogen) atoms. The first-order chi connectivity index (χ1) is 11.2. The molecule has 0 saturated heterocycles. The van der Waals surface area contributed by atoms with Crippen LogP contribution in [0, 0.1) is 13.8 Å². The zero-order chi connectivity index (χ0) is 17.5. The van der Waals surface area contributed by atoms with Gasteiger partial charge in [0.1, 0.15) is 5.69 Å². The fraction of sp³-hybridized carbons (Fsp3) is 0.267. The lowest BCUT2D eigenvalue weighted by atomic mass is 10.3. The lowest BCUT2D eigenvalue weighted by Crippen LogP contribution is -2.36. The second-order valence-corrected chi connectivity index (χ2v) is 7.92. The number of carbonyl (C=O) groups excluding carboxylic acids is 1. The molecule has 2 aromatic rings. The van der Waals surface area contributed by atoms with Crippen molar-refractivity contribution in [3.63, 3.8) is 0 Å². The molecule has 3 rings (SSSR count). The standard InChI is InChI=1S/C15H15ClN4O3S/c1-9-7-10(2)20(19-9)13-4-3-12(16)14(18-13)15(21)17-11-5-6-24(22,23)8-11/h3-7,11H,8H2,1-2H3,(H,17,21). The topological polar surface area (TPSA) is 94.0 Å². The van der Waals surface area contributed by atoms with Crippen LogP contribution < -0.4 is 5.32 Å². The Morgan fingerprint density at radius 2 is 2.12 bits per heavy atom. The third-order valence-electron chi connectivity index (χ3n) is 3.52. The monoisotopic (exact) mass is 366 g/mol. The normalized spacial score (nSPS) is 18.7. The summed E-state index contributed by atoms with van der Waals surface area (Å²) in [6, 6.07) is 4.54. The molecule has 126 valence electrons. The van der Waals surface area contributed by atoms with Crippen LogP contribution in [-0.2, 0) is 9.84 Å². The number of rotatable bonds is 3. The Balaban J connectivity index is 1.88. The van der Waals surface area contributed by atoms with Gasteiger partial charge in [0.25, 0.3) is 5.91 Å². The third kappa shape index (κ3) is 3.34. The molecule has 0 radical (unpaired) electrons. The van der Waals surface area contributed by atoms with Crippen LogP contribution in [0.1, 0.15) is 21.9 Å². The van der Waals surface area contributed by atoms with Crippen molar-refractivity contribution in [1.82, 2.24) is 20.1 Å². The number of nitrogens with zero attached hydrogens (tertiary/aromatic N) is 3. The van der Waals surface area contributed by atoms with Gasteiger partial charge in [0.2, 0.25) is 0 Å². The predicted octanol–water partition coefficient (Wildman–Crippen LogP) is 1.58. The van der Waals surface area contributed by atoms with Crippen LogP contribution in [-0.4, -0.2) is 40.9 Å². The summed E-state index contributed by atoms with van der Waals surface area (Å²) in [4.78, 5) is 16.7. The Kier molecular flexibility index (Phi) is 4.18. The molecule has 0 aliphatic carbocycles. The number of hydrogen-bond acceptors (Lipinski definition) is 5. The van der Waals surface area contributed by atoms with Gasteiger partial charge in [0, 0.05) is 11.1 Å². The zero-order valence-corrected chi connectivity index (χ0v) is 14.6. The molecule has 0 aromatic carbocycles. The van der Waals surface area contributed by atoms with Gasteiger partial charge in [-0.05, 0) is 38.1 Å². The minimum Gasteiger partial charge on any atom is -0.343 e. The summed E-state index contributed by atoms with van der Waals surface area (Å²) in [7, 11) is -3.25. The number of nitrogens with one attached hydrogen (secondary N) is 1. The van der Waals surface area contributed by atoms with E-state index in [0.717, 1.165) is 16.8 Å². The van der Waals surface area contributed by atoms with E-state index in [1.165, 1.54) is 6.08 Å². The van der Waals surface area contributed by atoms with Gasteiger partial charge in [-0.1, -0.05) is 11.6 Å². The van der Waals surface area contributed by atoms with Crippen molar-refractivity contribution < 1.29 is 13.2 Å². The highest BCUT2D eigenvalue weighted by Gasteiger charge is 2.25. The van der Waals surface area contributed by atoms with E-state index >= 15 is 0 Å². The molecule has 0 bridgehead atoms. The summed E-state index contributed by atoms with van der Waals surface area (Å²) in [5.41, 5.74) is 1.73. The Labute approximate surface area is 144 Å². The first kappa shape index (κ1) is 16.7. The number of hydrogen-bond donors (Lipinski definition) is 1. The summed E-state index contributed by atoms with van der Waals surface area (Å²) in [5.74, 6) is -0.229. The molecule has 2 aromatic heterocycles. The molecule has 1 unspecified atom stereocenters. The van der Waals surface area contributed by atoms with E-state index in [1.807, 2.05) is 19.9 Å². The molecular formula is C15H15ClN4O3S. The Morgan fingerprint density at radius 1 is 1.38 bits per heavy atom. The summed E-state index contributed by atoms with van der Waals surface area (Å²) >= 11 is 6.08.